The quantitative estimate of drug-likeness (QED) is 0.575. The Balaban J connectivity index is 2.03. The van der Waals surface area contributed by atoms with Gasteiger partial charge in [0.2, 0.25) is 11.9 Å². The minimum Gasteiger partial charge on any atom is -0.354 e. The Labute approximate surface area is 161 Å². The summed E-state index contributed by atoms with van der Waals surface area (Å²) >= 11 is 0. The molecule has 0 bridgehead atoms. The zero-order valence-electron chi connectivity index (χ0n) is 16.2. The third-order valence-corrected chi connectivity index (χ3v) is 4.58. The van der Waals surface area contributed by atoms with E-state index in [1.54, 1.807) is 18.5 Å². The Morgan fingerprint density at radius 2 is 1.79 bits per heavy atom. The summed E-state index contributed by atoms with van der Waals surface area (Å²) in [4.78, 5) is 40.9. The van der Waals surface area contributed by atoms with Crippen LogP contribution in [0.5, 0.6) is 0 Å². The Bertz CT molecular complexity index is 1110. The summed E-state index contributed by atoms with van der Waals surface area (Å²) in [7, 11) is 3.05. The van der Waals surface area contributed by atoms with Crippen LogP contribution in [0.15, 0.2) is 39.9 Å². The number of hydrogen-bond donors (Lipinski definition) is 2. The second-order valence-electron chi connectivity index (χ2n) is 6.52. The number of carbonyl (C=O) groups is 1. The lowest BCUT2D eigenvalue weighted by Gasteiger charge is -2.11. The van der Waals surface area contributed by atoms with E-state index >= 15 is 0 Å². The third-order valence-electron chi connectivity index (χ3n) is 4.58. The molecule has 28 heavy (non-hydrogen) atoms. The van der Waals surface area contributed by atoms with Crippen molar-refractivity contribution in [3.8, 4) is 0 Å². The van der Waals surface area contributed by atoms with E-state index in [0.29, 0.717) is 43.2 Å². The number of hydrogen-bond acceptors (Lipinski definition) is 5. The van der Waals surface area contributed by atoms with Crippen LogP contribution in [0.25, 0.3) is 11.2 Å². The number of rotatable bonds is 7. The van der Waals surface area contributed by atoms with E-state index in [2.05, 4.69) is 15.6 Å². The van der Waals surface area contributed by atoms with Crippen molar-refractivity contribution in [2.24, 2.45) is 14.1 Å². The molecule has 0 unspecified atom stereocenters. The molecular weight excluding hydrogens is 360 g/mol. The Hall–Kier alpha value is -3.36. The highest BCUT2D eigenvalue weighted by atomic mass is 16.2. The topological polar surface area (TPSA) is 103 Å². The summed E-state index contributed by atoms with van der Waals surface area (Å²) in [5, 5.41) is 5.96. The number of benzene rings is 1. The first-order valence-corrected chi connectivity index (χ1v) is 9.14. The van der Waals surface area contributed by atoms with Crippen LogP contribution in [-0.2, 0) is 25.4 Å². The maximum atomic E-state index is 12.8. The highest BCUT2D eigenvalue weighted by molar-refractivity contribution is 5.76. The fourth-order valence-corrected chi connectivity index (χ4v) is 3.00. The van der Waals surface area contributed by atoms with Crippen LogP contribution in [0, 0.1) is 0 Å². The molecule has 2 N–H and O–H groups in total. The minimum absolute atomic E-state index is 0.0316. The number of imidazole rings is 1. The predicted molar refractivity (Wildman–Crippen MR) is 108 cm³/mol. The molecule has 3 aromatic rings. The van der Waals surface area contributed by atoms with Gasteiger partial charge in [0.05, 0.1) is 6.54 Å². The van der Waals surface area contributed by atoms with Gasteiger partial charge in [0.1, 0.15) is 0 Å². The van der Waals surface area contributed by atoms with E-state index in [-0.39, 0.29) is 5.91 Å². The van der Waals surface area contributed by atoms with Crippen LogP contribution < -0.4 is 21.9 Å². The molecule has 148 valence electrons. The molecule has 0 spiro atoms. The lowest BCUT2D eigenvalue weighted by molar-refractivity contribution is -0.120. The smallest absolute Gasteiger partial charge is 0.332 e. The van der Waals surface area contributed by atoms with E-state index in [1.165, 1.54) is 11.6 Å². The molecule has 2 aromatic heterocycles. The van der Waals surface area contributed by atoms with Crippen molar-refractivity contribution >= 4 is 23.0 Å². The van der Waals surface area contributed by atoms with Gasteiger partial charge in [-0.25, -0.2) is 4.79 Å². The molecule has 0 radical (unpaired) electrons. The van der Waals surface area contributed by atoms with E-state index in [0.717, 1.165) is 10.1 Å². The summed E-state index contributed by atoms with van der Waals surface area (Å²) in [5.74, 6) is 0.443. The van der Waals surface area contributed by atoms with Crippen molar-refractivity contribution < 1.29 is 4.79 Å². The molecule has 0 atom stereocenters. The summed E-state index contributed by atoms with van der Waals surface area (Å²) in [6, 6.07) is 9.70. The molecule has 1 aromatic carbocycles. The fraction of sp³-hybridized carbons (Fsp3) is 0.368. The number of nitrogens with zero attached hydrogens (tertiary/aromatic N) is 4. The molecule has 0 fully saturated rings. The largest absolute Gasteiger partial charge is 0.354 e. The maximum Gasteiger partial charge on any atom is 0.332 e. The van der Waals surface area contributed by atoms with E-state index in [4.69, 9.17) is 0 Å². The van der Waals surface area contributed by atoms with Crippen molar-refractivity contribution in [1.29, 1.82) is 0 Å². The van der Waals surface area contributed by atoms with Gasteiger partial charge in [0, 0.05) is 33.6 Å². The first-order valence-electron chi connectivity index (χ1n) is 9.14. The Morgan fingerprint density at radius 1 is 1.07 bits per heavy atom. The van der Waals surface area contributed by atoms with Gasteiger partial charge in [-0.1, -0.05) is 37.3 Å². The second-order valence-corrected chi connectivity index (χ2v) is 6.52. The van der Waals surface area contributed by atoms with Crippen molar-refractivity contribution in [2.45, 2.75) is 19.9 Å². The Morgan fingerprint density at radius 3 is 2.46 bits per heavy atom. The molecule has 0 saturated carbocycles. The summed E-state index contributed by atoms with van der Waals surface area (Å²) in [6.07, 6.45) is 0.421. The van der Waals surface area contributed by atoms with Crippen LogP contribution in [0.4, 0.5) is 5.95 Å². The maximum absolute atomic E-state index is 12.8. The first kappa shape index (κ1) is 19.4. The van der Waals surface area contributed by atoms with Gasteiger partial charge in [-0.15, -0.1) is 0 Å². The van der Waals surface area contributed by atoms with Crippen LogP contribution in [-0.4, -0.2) is 37.7 Å². The summed E-state index contributed by atoms with van der Waals surface area (Å²) in [5.41, 5.74) is 0.857. The van der Waals surface area contributed by atoms with Gasteiger partial charge in [-0.3, -0.25) is 23.3 Å². The van der Waals surface area contributed by atoms with Gasteiger partial charge in [-0.2, -0.15) is 4.98 Å². The van der Waals surface area contributed by atoms with Crippen LogP contribution in [0.2, 0.25) is 0 Å². The minimum atomic E-state index is -0.427. The van der Waals surface area contributed by atoms with Crippen molar-refractivity contribution in [2.75, 3.05) is 18.4 Å². The number of anilines is 1. The predicted octanol–water partition coefficient (Wildman–Crippen LogP) is 0.420. The second kappa shape index (κ2) is 8.12. The number of fused-ring (bicyclic) bond motifs is 1. The molecule has 0 aliphatic carbocycles. The molecule has 1 amide bonds. The lowest BCUT2D eigenvalue weighted by atomic mass is 10.2. The average molecular weight is 384 g/mol. The van der Waals surface area contributed by atoms with Gasteiger partial charge in [-0.05, 0) is 5.56 Å². The summed E-state index contributed by atoms with van der Waals surface area (Å²) < 4.78 is 4.22. The van der Waals surface area contributed by atoms with Gasteiger partial charge in [0.15, 0.2) is 11.2 Å². The van der Waals surface area contributed by atoms with E-state index in [9.17, 15) is 14.4 Å². The molecule has 9 heteroatoms. The number of aromatic nitrogens is 4. The zero-order valence-corrected chi connectivity index (χ0v) is 16.2. The SMILES string of the molecule is CCC(=O)NCCNc1nc2c(c(=O)n(C)c(=O)n2C)n1Cc1ccccc1. The molecular formula is C19H24N6O3. The van der Waals surface area contributed by atoms with Gasteiger partial charge >= 0.3 is 5.69 Å². The van der Waals surface area contributed by atoms with Crippen molar-refractivity contribution in [3.63, 3.8) is 0 Å². The molecule has 2 heterocycles. The first-order chi connectivity index (χ1) is 13.4. The number of amides is 1. The standard InChI is InChI=1S/C19H24N6O3/c1-4-14(26)20-10-11-21-18-22-16-15(17(27)24(3)19(28)23(16)2)25(18)12-13-8-6-5-7-9-13/h5-9H,4,10-12H2,1-3H3,(H,20,26)(H,21,22). The zero-order chi connectivity index (χ0) is 20.3. The van der Waals surface area contributed by atoms with Crippen LogP contribution in [0.1, 0.15) is 18.9 Å². The van der Waals surface area contributed by atoms with Crippen molar-refractivity contribution in [3.05, 3.63) is 56.7 Å². The van der Waals surface area contributed by atoms with Crippen LogP contribution >= 0.6 is 0 Å². The molecule has 3 rings (SSSR count). The molecule has 0 aliphatic rings. The van der Waals surface area contributed by atoms with Gasteiger partial charge < -0.3 is 10.6 Å². The van der Waals surface area contributed by atoms with E-state index in [1.807, 2.05) is 30.3 Å². The lowest BCUT2D eigenvalue weighted by Crippen LogP contribution is -2.37. The Kier molecular flexibility index (Phi) is 5.62. The van der Waals surface area contributed by atoms with E-state index < -0.39 is 11.2 Å². The molecule has 0 saturated heterocycles. The molecule has 9 nitrogen and oxygen atoms in total. The number of aryl methyl sites for hydroxylation is 1. The van der Waals surface area contributed by atoms with Crippen molar-refractivity contribution in [1.82, 2.24) is 24.0 Å². The monoisotopic (exact) mass is 384 g/mol. The summed E-state index contributed by atoms with van der Waals surface area (Å²) in [6.45, 7) is 3.09. The normalized spacial score (nSPS) is 11.0. The van der Waals surface area contributed by atoms with Crippen LogP contribution in [0.3, 0.4) is 0 Å². The highest BCUT2D eigenvalue weighted by Crippen LogP contribution is 2.17. The number of nitrogens with one attached hydrogen (secondary N) is 2. The average Bonchev–Trinajstić information content (AvgIpc) is 3.07. The van der Waals surface area contributed by atoms with Gasteiger partial charge in [0.25, 0.3) is 5.56 Å². The number of carbonyl (C=O) groups excluding carboxylic acids is 1. The third kappa shape index (κ3) is 3.68. The highest BCUT2D eigenvalue weighted by Gasteiger charge is 2.19. The fourth-order valence-electron chi connectivity index (χ4n) is 3.00. The molecule has 0 aliphatic heterocycles.